The predicted molar refractivity (Wildman–Crippen MR) is 80.5 cm³/mol. The van der Waals surface area contributed by atoms with Gasteiger partial charge in [-0.1, -0.05) is 28.1 Å². The third kappa shape index (κ3) is 3.04. The Morgan fingerprint density at radius 3 is 2.84 bits per heavy atom. The first-order chi connectivity index (χ1) is 8.85. The van der Waals surface area contributed by atoms with Crippen LogP contribution in [0.15, 0.2) is 28.7 Å². The molecule has 0 saturated heterocycles. The number of carbonyl (C=O) groups excluding carboxylic acids is 1. The SMILES string of the molecule is C[C@@]1(Cl)CCCC(=O)[C@]1(O)CCc1cccc(Br)c1. The molecule has 2 rings (SSSR count). The smallest absolute Gasteiger partial charge is 0.166 e. The summed E-state index contributed by atoms with van der Waals surface area (Å²) in [5.41, 5.74) is -0.316. The number of alkyl halides is 1. The Bertz CT molecular complexity index is 487. The number of halogens is 2. The van der Waals surface area contributed by atoms with E-state index in [2.05, 4.69) is 15.9 Å². The highest BCUT2D eigenvalue weighted by molar-refractivity contribution is 9.10. The van der Waals surface area contributed by atoms with Gasteiger partial charge in [0.05, 0.1) is 4.87 Å². The topological polar surface area (TPSA) is 37.3 Å². The fourth-order valence-corrected chi connectivity index (χ4v) is 3.48. The van der Waals surface area contributed by atoms with Crippen LogP contribution in [0, 0.1) is 0 Å². The lowest BCUT2D eigenvalue weighted by Crippen LogP contribution is -2.57. The Kier molecular flexibility index (Phi) is 4.38. The first-order valence-corrected chi connectivity index (χ1v) is 7.71. The second-order valence-corrected chi connectivity index (χ2v) is 7.21. The van der Waals surface area contributed by atoms with Crippen LogP contribution in [-0.4, -0.2) is 21.4 Å². The van der Waals surface area contributed by atoms with Crippen molar-refractivity contribution in [1.82, 2.24) is 0 Å². The van der Waals surface area contributed by atoms with Crippen molar-refractivity contribution >= 4 is 33.3 Å². The van der Waals surface area contributed by atoms with Gasteiger partial charge in [-0.25, -0.2) is 0 Å². The second-order valence-electron chi connectivity index (χ2n) is 5.46. The molecule has 0 spiro atoms. The maximum atomic E-state index is 12.1. The number of hydrogen-bond donors (Lipinski definition) is 1. The van der Waals surface area contributed by atoms with Crippen molar-refractivity contribution in [3.63, 3.8) is 0 Å². The summed E-state index contributed by atoms with van der Waals surface area (Å²) in [4.78, 5) is 11.2. The summed E-state index contributed by atoms with van der Waals surface area (Å²) < 4.78 is 1.00. The largest absolute Gasteiger partial charge is 0.380 e. The normalized spacial score (nSPS) is 31.5. The molecular weight excluding hydrogens is 328 g/mol. The summed E-state index contributed by atoms with van der Waals surface area (Å²) in [6.07, 6.45) is 2.89. The Morgan fingerprint density at radius 1 is 1.47 bits per heavy atom. The standard InChI is InChI=1S/C15H18BrClO2/c1-14(17)8-3-6-13(18)15(14,19)9-7-11-4-2-5-12(16)10-11/h2,4-5,10,19H,3,6-9H2,1H3/t14-,15-/m1/s1. The van der Waals surface area contributed by atoms with E-state index in [9.17, 15) is 9.90 Å². The van der Waals surface area contributed by atoms with Crippen molar-refractivity contribution in [3.05, 3.63) is 34.3 Å². The van der Waals surface area contributed by atoms with Gasteiger partial charge in [0.15, 0.2) is 5.78 Å². The summed E-state index contributed by atoms with van der Waals surface area (Å²) in [6, 6.07) is 7.90. The number of rotatable bonds is 3. The highest BCUT2D eigenvalue weighted by Gasteiger charge is 2.52. The summed E-state index contributed by atoms with van der Waals surface area (Å²) in [6.45, 7) is 1.77. The van der Waals surface area contributed by atoms with Crippen LogP contribution in [0.4, 0.5) is 0 Å². The van der Waals surface area contributed by atoms with Gasteiger partial charge >= 0.3 is 0 Å². The molecule has 0 aliphatic heterocycles. The van der Waals surface area contributed by atoms with E-state index in [1.165, 1.54) is 0 Å². The highest BCUT2D eigenvalue weighted by atomic mass is 79.9. The minimum Gasteiger partial charge on any atom is -0.380 e. The van der Waals surface area contributed by atoms with E-state index >= 15 is 0 Å². The molecular formula is C15H18BrClO2. The fourth-order valence-electron chi connectivity index (χ4n) is 2.70. The molecule has 1 N–H and O–H groups in total. The van der Waals surface area contributed by atoms with Crippen molar-refractivity contribution in [2.45, 2.75) is 49.5 Å². The lowest BCUT2D eigenvalue weighted by Gasteiger charge is -2.43. The molecule has 1 aliphatic carbocycles. The summed E-state index contributed by atoms with van der Waals surface area (Å²) >= 11 is 9.81. The zero-order chi connectivity index (χ0) is 14.1. The van der Waals surface area contributed by atoms with E-state index in [1.807, 2.05) is 24.3 Å². The lowest BCUT2D eigenvalue weighted by molar-refractivity contribution is -0.145. The molecule has 19 heavy (non-hydrogen) atoms. The van der Waals surface area contributed by atoms with E-state index in [0.29, 0.717) is 25.7 Å². The lowest BCUT2D eigenvalue weighted by atomic mass is 9.72. The van der Waals surface area contributed by atoms with Gasteiger partial charge in [-0.15, -0.1) is 11.6 Å². The van der Waals surface area contributed by atoms with Crippen molar-refractivity contribution in [1.29, 1.82) is 0 Å². The van der Waals surface area contributed by atoms with Crippen LogP contribution in [0.1, 0.15) is 38.2 Å². The summed E-state index contributed by atoms with van der Waals surface area (Å²) in [5.74, 6) is -0.119. The van der Waals surface area contributed by atoms with E-state index in [4.69, 9.17) is 11.6 Å². The molecule has 4 heteroatoms. The zero-order valence-corrected chi connectivity index (χ0v) is 13.3. The van der Waals surface area contributed by atoms with Gasteiger partial charge in [-0.05, 0) is 50.3 Å². The molecule has 2 atom stereocenters. The number of aliphatic hydroxyl groups is 1. The Labute approximate surface area is 127 Å². The Morgan fingerprint density at radius 2 is 2.21 bits per heavy atom. The summed E-state index contributed by atoms with van der Waals surface area (Å²) in [7, 11) is 0. The van der Waals surface area contributed by atoms with Crippen LogP contribution in [0.3, 0.4) is 0 Å². The predicted octanol–water partition coefficient (Wildman–Crippen LogP) is 3.86. The third-order valence-electron chi connectivity index (χ3n) is 4.04. The number of hydrogen-bond acceptors (Lipinski definition) is 2. The molecule has 0 amide bonds. The number of carbonyl (C=O) groups is 1. The molecule has 0 unspecified atom stereocenters. The van der Waals surface area contributed by atoms with Crippen LogP contribution in [0.2, 0.25) is 0 Å². The average molecular weight is 346 g/mol. The molecule has 1 aromatic rings. The first kappa shape index (κ1) is 15.0. The van der Waals surface area contributed by atoms with E-state index in [0.717, 1.165) is 16.5 Å². The molecule has 1 aromatic carbocycles. The van der Waals surface area contributed by atoms with E-state index in [-0.39, 0.29) is 5.78 Å². The van der Waals surface area contributed by atoms with Crippen LogP contribution in [0.5, 0.6) is 0 Å². The summed E-state index contributed by atoms with van der Waals surface area (Å²) in [5, 5.41) is 10.7. The molecule has 104 valence electrons. The van der Waals surface area contributed by atoms with E-state index < -0.39 is 10.5 Å². The van der Waals surface area contributed by atoms with Crippen molar-refractivity contribution < 1.29 is 9.90 Å². The van der Waals surface area contributed by atoms with Gasteiger partial charge in [0.25, 0.3) is 0 Å². The maximum Gasteiger partial charge on any atom is 0.166 e. The minimum absolute atomic E-state index is 0.119. The minimum atomic E-state index is -1.41. The number of ketones is 1. The number of Topliss-reactive ketones (excluding diaryl/α,β-unsaturated/α-hetero) is 1. The third-order valence-corrected chi connectivity index (χ3v) is 5.03. The molecule has 0 radical (unpaired) electrons. The van der Waals surface area contributed by atoms with Gasteiger partial charge < -0.3 is 5.11 Å². The van der Waals surface area contributed by atoms with Gasteiger partial charge in [0.1, 0.15) is 5.60 Å². The average Bonchev–Trinajstić information content (AvgIpc) is 2.34. The number of aryl methyl sites for hydroxylation is 1. The first-order valence-electron chi connectivity index (χ1n) is 6.54. The molecule has 2 nitrogen and oxygen atoms in total. The van der Waals surface area contributed by atoms with Gasteiger partial charge in [0, 0.05) is 10.9 Å². The fraction of sp³-hybridized carbons (Fsp3) is 0.533. The van der Waals surface area contributed by atoms with Gasteiger partial charge in [0.2, 0.25) is 0 Å². The van der Waals surface area contributed by atoms with Crippen molar-refractivity contribution in [2.24, 2.45) is 0 Å². The monoisotopic (exact) mass is 344 g/mol. The quantitative estimate of drug-likeness (QED) is 0.845. The van der Waals surface area contributed by atoms with Crippen LogP contribution < -0.4 is 0 Å². The van der Waals surface area contributed by atoms with Crippen molar-refractivity contribution in [2.75, 3.05) is 0 Å². The maximum absolute atomic E-state index is 12.1. The number of benzene rings is 1. The molecule has 1 saturated carbocycles. The van der Waals surface area contributed by atoms with Crippen LogP contribution in [0.25, 0.3) is 0 Å². The molecule has 0 aromatic heterocycles. The Hall–Kier alpha value is -0.380. The zero-order valence-electron chi connectivity index (χ0n) is 11.0. The molecule has 0 heterocycles. The molecule has 1 fully saturated rings. The van der Waals surface area contributed by atoms with Crippen LogP contribution in [-0.2, 0) is 11.2 Å². The van der Waals surface area contributed by atoms with Gasteiger partial charge in [-0.2, -0.15) is 0 Å². The molecule has 1 aliphatic rings. The van der Waals surface area contributed by atoms with E-state index in [1.54, 1.807) is 6.92 Å². The molecule has 0 bridgehead atoms. The van der Waals surface area contributed by atoms with Crippen molar-refractivity contribution in [3.8, 4) is 0 Å². The second kappa shape index (κ2) is 5.55. The Balaban J connectivity index is 2.14. The highest BCUT2D eigenvalue weighted by Crippen LogP contribution is 2.42. The van der Waals surface area contributed by atoms with Crippen LogP contribution >= 0.6 is 27.5 Å². The van der Waals surface area contributed by atoms with Gasteiger partial charge in [-0.3, -0.25) is 4.79 Å².